The van der Waals surface area contributed by atoms with Gasteiger partial charge in [-0.05, 0) is 30.9 Å². The second kappa shape index (κ2) is 5.89. The normalized spacial score (nSPS) is 21.6. The Morgan fingerprint density at radius 1 is 1.25 bits per heavy atom. The van der Waals surface area contributed by atoms with Crippen LogP contribution in [0.2, 0.25) is 0 Å². The van der Waals surface area contributed by atoms with Crippen molar-refractivity contribution >= 4 is 11.6 Å². The van der Waals surface area contributed by atoms with Crippen molar-refractivity contribution in [2.45, 2.75) is 45.3 Å². The van der Waals surface area contributed by atoms with Crippen LogP contribution in [0.5, 0.6) is 0 Å². The van der Waals surface area contributed by atoms with Crippen molar-refractivity contribution in [3.8, 4) is 0 Å². The lowest BCUT2D eigenvalue weighted by Gasteiger charge is -2.13. The molecule has 20 heavy (non-hydrogen) atoms. The molecule has 2 rings (SSSR count). The van der Waals surface area contributed by atoms with Gasteiger partial charge in [-0.25, -0.2) is 4.98 Å². The van der Waals surface area contributed by atoms with Crippen molar-refractivity contribution in [1.82, 2.24) is 4.98 Å². The second-order valence-corrected chi connectivity index (χ2v) is 5.21. The van der Waals surface area contributed by atoms with Crippen molar-refractivity contribution in [2.24, 2.45) is 5.92 Å². The third kappa shape index (κ3) is 3.77. The van der Waals surface area contributed by atoms with Gasteiger partial charge in [0.05, 0.1) is 5.56 Å². The number of hydrogen-bond donors (Lipinski definition) is 2. The van der Waals surface area contributed by atoms with Crippen LogP contribution in [0.15, 0.2) is 12.1 Å². The Morgan fingerprint density at radius 3 is 2.50 bits per heavy atom. The number of anilines is 2. The van der Waals surface area contributed by atoms with Crippen LogP contribution in [0.4, 0.5) is 24.8 Å². The van der Waals surface area contributed by atoms with Gasteiger partial charge in [-0.2, -0.15) is 13.2 Å². The van der Waals surface area contributed by atoms with Crippen molar-refractivity contribution in [1.29, 1.82) is 0 Å². The molecule has 2 unspecified atom stereocenters. The molecule has 1 fully saturated rings. The number of nitrogens with zero attached hydrogens (tertiary/aromatic N) is 1. The molecule has 0 spiro atoms. The fourth-order valence-electron chi connectivity index (χ4n) is 2.18. The van der Waals surface area contributed by atoms with E-state index in [1.54, 1.807) is 0 Å². The van der Waals surface area contributed by atoms with Gasteiger partial charge < -0.3 is 10.6 Å². The molecule has 1 saturated carbocycles. The van der Waals surface area contributed by atoms with Crippen molar-refractivity contribution in [3.63, 3.8) is 0 Å². The third-order valence-corrected chi connectivity index (χ3v) is 3.49. The quantitative estimate of drug-likeness (QED) is 0.826. The summed E-state index contributed by atoms with van der Waals surface area (Å²) < 4.78 is 38.6. The molecule has 1 aromatic heterocycles. The molecule has 6 heteroatoms. The van der Waals surface area contributed by atoms with E-state index in [1.807, 2.05) is 6.92 Å². The molecule has 0 bridgehead atoms. The Kier molecular flexibility index (Phi) is 4.40. The zero-order valence-electron chi connectivity index (χ0n) is 11.7. The van der Waals surface area contributed by atoms with Crippen molar-refractivity contribution < 1.29 is 13.2 Å². The molecule has 3 nitrogen and oxygen atoms in total. The van der Waals surface area contributed by atoms with E-state index in [2.05, 4.69) is 22.5 Å². The second-order valence-electron chi connectivity index (χ2n) is 5.21. The molecule has 1 aliphatic carbocycles. The first kappa shape index (κ1) is 14.9. The lowest BCUT2D eigenvalue weighted by atomic mass is 10.2. The lowest BCUT2D eigenvalue weighted by molar-refractivity contribution is -0.137. The number of pyridine rings is 1. The van der Waals surface area contributed by atoms with E-state index in [4.69, 9.17) is 0 Å². The van der Waals surface area contributed by atoms with Crippen LogP contribution in [-0.4, -0.2) is 17.6 Å². The maximum atomic E-state index is 12.9. The Hall–Kier alpha value is -1.46. The monoisotopic (exact) mass is 287 g/mol. The molecule has 1 aromatic rings. The van der Waals surface area contributed by atoms with Crippen LogP contribution in [0.3, 0.4) is 0 Å². The number of hydrogen-bond acceptors (Lipinski definition) is 3. The largest absolute Gasteiger partial charge is 0.416 e. The molecule has 0 aliphatic heterocycles. The predicted molar refractivity (Wildman–Crippen MR) is 73.8 cm³/mol. The zero-order valence-corrected chi connectivity index (χ0v) is 11.7. The van der Waals surface area contributed by atoms with E-state index in [9.17, 15) is 13.2 Å². The van der Waals surface area contributed by atoms with Gasteiger partial charge >= 0.3 is 6.18 Å². The summed E-state index contributed by atoms with van der Waals surface area (Å²) in [5, 5.41) is 6.01. The fourth-order valence-corrected chi connectivity index (χ4v) is 2.18. The molecule has 0 amide bonds. The summed E-state index contributed by atoms with van der Waals surface area (Å²) >= 11 is 0. The van der Waals surface area contributed by atoms with Gasteiger partial charge in [0.2, 0.25) is 0 Å². The van der Waals surface area contributed by atoms with Crippen LogP contribution in [0.1, 0.15) is 38.7 Å². The average Bonchev–Trinajstić information content (AvgIpc) is 3.13. The number of rotatable bonds is 6. The summed E-state index contributed by atoms with van der Waals surface area (Å²) in [6.45, 7) is 4.64. The highest BCUT2D eigenvalue weighted by Gasteiger charge is 2.36. The molecule has 2 atom stereocenters. The van der Waals surface area contributed by atoms with Crippen LogP contribution in [0.25, 0.3) is 0 Å². The molecule has 0 aromatic carbocycles. The van der Waals surface area contributed by atoms with Gasteiger partial charge in [-0.1, -0.05) is 20.3 Å². The van der Waals surface area contributed by atoms with E-state index in [1.165, 1.54) is 0 Å². The average molecular weight is 287 g/mol. The highest BCUT2D eigenvalue weighted by Crippen LogP contribution is 2.37. The number of nitrogens with one attached hydrogen (secondary N) is 2. The Balaban J connectivity index is 2.16. The predicted octanol–water partition coefficient (Wildman–Crippen LogP) is 4.13. The van der Waals surface area contributed by atoms with Crippen LogP contribution in [-0.2, 0) is 6.18 Å². The number of halogens is 3. The molecule has 1 heterocycles. The van der Waals surface area contributed by atoms with Gasteiger partial charge in [-0.3, -0.25) is 0 Å². The van der Waals surface area contributed by atoms with E-state index in [0.29, 0.717) is 18.3 Å². The number of alkyl halides is 3. The fraction of sp³-hybridized carbons (Fsp3) is 0.643. The highest BCUT2D eigenvalue weighted by atomic mass is 19.4. The first-order valence-corrected chi connectivity index (χ1v) is 7.03. The van der Waals surface area contributed by atoms with E-state index in [-0.39, 0.29) is 11.9 Å². The van der Waals surface area contributed by atoms with Gasteiger partial charge in [0.25, 0.3) is 0 Å². The topological polar surface area (TPSA) is 37.0 Å². The van der Waals surface area contributed by atoms with Crippen LogP contribution in [0, 0.1) is 5.92 Å². The summed E-state index contributed by atoms with van der Waals surface area (Å²) in [5.41, 5.74) is -0.665. The smallest absolute Gasteiger partial charge is 0.370 e. The summed E-state index contributed by atoms with van der Waals surface area (Å²) in [4.78, 5) is 4.21. The minimum atomic E-state index is -4.35. The molecule has 112 valence electrons. The first-order valence-electron chi connectivity index (χ1n) is 7.03. The van der Waals surface area contributed by atoms with Crippen LogP contribution >= 0.6 is 0 Å². The molecule has 0 radical (unpaired) electrons. The maximum absolute atomic E-state index is 12.9. The maximum Gasteiger partial charge on any atom is 0.416 e. The summed E-state index contributed by atoms with van der Waals surface area (Å²) in [5.74, 6) is 1.13. The molecular formula is C14H20F3N3. The molecule has 0 saturated heterocycles. The minimum absolute atomic E-state index is 0.259. The summed E-state index contributed by atoms with van der Waals surface area (Å²) in [7, 11) is 0. The SMILES string of the molecule is CCCNc1cc(C(F)(F)F)cc(NC2CC2CC)n1. The van der Waals surface area contributed by atoms with Gasteiger partial charge in [0.15, 0.2) is 0 Å². The van der Waals surface area contributed by atoms with Crippen LogP contribution < -0.4 is 10.6 Å². The van der Waals surface area contributed by atoms with E-state index >= 15 is 0 Å². The Morgan fingerprint density at radius 2 is 1.95 bits per heavy atom. The van der Waals surface area contributed by atoms with Gasteiger partial charge in [0, 0.05) is 12.6 Å². The molecular weight excluding hydrogens is 267 g/mol. The van der Waals surface area contributed by atoms with Crippen molar-refractivity contribution in [2.75, 3.05) is 17.2 Å². The summed E-state index contributed by atoms with van der Waals surface area (Å²) in [6.07, 6.45) is -1.47. The number of aromatic nitrogens is 1. The lowest BCUT2D eigenvalue weighted by Crippen LogP contribution is -2.12. The highest BCUT2D eigenvalue weighted by molar-refractivity contribution is 5.51. The third-order valence-electron chi connectivity index (χ3n) is 3.49. The van der Waals surface area contributed by atoms with E-state index < -0.39 is 11.7 Å². The minimum Gasteiger partial charge on any atom is -0.370 e. The Bertz CT molecular complexity index is 459. The molecule has 2 N–H and O–H groups in total. The standard InChI is InChI=1S/C14H20F3N3/c1-3-5-18-12-7-10(14(15,16)17)8-13(20-12)19-11-6-9(11)4-2/h7-9,11H,3-6H2,1-2H3,(H2,18,19,20). The first-order chi connectivity index (χ1) is 9.44. The van der Waals surface area contributed by atoms with Gasteiger partial charge in [0.1, 0.15) is 11.6 Å². The Labute approximate surface area is 117 Å². The molecule has 1 aliphatic rings. The zero-order chi connectivity index (χ0) is 14.8. The van der Waals surface area contributed by atoms with Crippen molar-refractivity contribution in [3.05, 3.63) is 17.7 Å². The summed E-state index contributed by atoms with van der Waals surface area (Å²) in [6, 6.07) is 2.41. The van der Waals surface area contributed by atoms with E-state index in [0.717, 1.165) is 31.4 Å². The van der Waals surface area contributed by atoms with Gasteiger partial charge in [-0.15, -0.1) is 0 Å².